The molecule has 1 saturated carbocycles. The zero-order valence-electron chi connectivity index (χ0n) is 9.97. The average Bonchev–Trinajstić information content (AvgIpc) is 2.74. The van der Waals surface area contributed by atoms with Gasteiger partial charge in [0.15, 0.2) is 0 Å². The molecule has 2 atom stereocenters. The van der Waals surface area contributed by atoms with Crippen LogP contribution < -0.4 is 5.73 Å². The minimum absolute atomic E-state index is 0.424. The summed E-state index contributed by atoms with van der Waals surface area (Å²) in [4.78, 5) is 6.48. The lowest BCUT2D eigenvalue weighted by molar-refractivity contribution is 0.247. The van der Waals surface area contributed by atoms with E-state index in [2.05, 4.69) is 29.1 Å². The smallest absolute Gasteiger partial charge is 0.0270 e. The maximum Gasteiger partial charge on any atom is 0.0270 e. The summed E-state index contributed by atoms with van der Waals surface area (Å²) in [5, 5.41) is 0. The van der Waals surface area contributed by atoms with Crippen molar-refractivity contribution in [3.05, 3.63) is 30.1 Å². The van der Waals surface area contributed by atoms with E-state index in [9.17, 15) is 0 Å². The molecule has 0 saturated heterocycles. The zero-order chi connectivity index (χ0) is 11.4. The van der Waals surface area contributed by atoms with E-state index in [0.717, 1.165) is 19.4 Å². The minimum Gasteiger partial charge on any atom is -0.328 e. The highest BCUT2D eigenvalue weighted by Crippen LogP contribution is 2.21. The Balaban J connectivity index is 1.78. The Kier molecular flexibility index (Phi) is 3.91. The van der Waals surface area contributed by atoms with Crippen molar-refractivity contribution in [3.8, 4) is 0 Å². The molecule has 2 N–H and O–H groups in total. The number of nitrogens with zero attached hydrogens (tertiary/aromatic N) is 2. The summed E-state index contributed by atoms with van der Waals surface area (Å²) < 4.78 is 0. The van der Waals surface area contributed by atoms with Gasteiger partial charge in [-0.15, -0.1) is 0 Å². The van der Waals surface area contributed by atoms with Gasteiger partial charge in [-0.2, -0.15) is 0 Å². The monoisotopic (exact) mass is 219 g/mol. The Labute approximate surface area is 97.7 Å². The van der Waals surface area contributed by atoms with Crippen LogP contribution in [0, 0.1) is 0 Å². The summed E-state index contributed by atoms with van der Waals surface area (Å²) >= 11 is 0. The van der Waals surface area contributed by atoms with E-state index >= 15 is 0 Å². The standard InChI is InChI=1S/C13H21N3/c1-16(13-3-2-12(14)10-13)9-6-11-4-7-15-8-5-11/h4-5,7-8,12-13H,2-3,6,9-10,14H2,1H3. The van der Waals surface area contributed by atoms with Gasteiger partial charge in [0.1, 0.15) is 0 Å². The average molecular weight is 219 g/mol. The third-order valence-corrected chi connectivity index (χ3v) is 3.57. The molecule has 2 unspecified atom stereocenters. The fourth-order valence-electron chi connectivity index (χ4n) is 2.43. The second-order valence-electron chi connectivity index (χ2n) is 4.81. The first-order valence-electron chi connectivity index (χ1n) is 6.10. The number of aromatic nitrogens is 1. The van der Waals surface area contributed by atoms with E-state index in [0.29, 0.717) is 12.1 Å². The lowest BCUT2D eigenvalue weighted by Crippen LogP contribution is -2.32. The summed E-state index contributed by atoms with van der Waals surface area (Å²) in [5.74, 6) is 0. The molecule has 0 aliphatic heterocycles. The van der Waals surface area contributed by atoms with Crippen LogP contribution in [0.2, 0.25) is 0 Å². The van der Waals surface area contributed by atoms with Gasteiger partial charge in [-0.1, -0.05) is 0 Å². The minimum atomic E-state index is 0.424. The molecule has 3 heteroatoms. The molecule has 1 fully saturated rings. The lowest BCUT2D eigenvalue weighted by atomic mass is 10.1. The maximum absolute atomic E-state index is 5.94. The molecular weight excluding hydrogens is 198 g/mol. The topological polar surface area (TPSA) is 42.2 Å². The van der Waals surface area contributed by atoms with Crippen molar-refractivity contribution in [3.63, 3.8) is 0 Å². The number of hydrogen-bond donors (Lipinski definition) is 1. The van der Waals surface area contributed by atoms with Crippen molar-refractivity contribution in [2.75, 3.05) is 13.6 Å². The molecule has 1 aliphatic rings. The first-order valence-corrected chi connectivity index (χ1v) is 6.10. The Morgan fingerprint density at radius 1 is 1.38 bits per heavy atom. The van der Waals surface area contributed by atoms with Crippen molar-refractivity contribution < 1.29 is 0 Å². The van der Waals surface area contributed by atoms with Crippen LogP contribution in [0.3, 0.4) is 0 Å². The molecule has 0 aromatic carbocycles. The number of rotatable bonds is 4. The van der Waals surface area contributed by atoms with Crippen molar-refractivity contribution in [1.29, 1.82) is 0 Å². The van der Waals surface area contributed by atoms with E-state index in [1.807, 2.05) is 12.4 Å². The van der Waals surface area contributed by atoms with Gasteiger partial charge in [0, 0.05) is 31.0 Å². The molecule has 16 heavy (non-hydrogen) atoms. The zero-order valence-corrected chi connectivity index (χ0v) is 9.97. The highest BCUT2D eigenvalue weighted by molar-refractivity contribution is 5.09. The second-order valence-corrected chi connectivity index (χ2v) is 4.81. The Morgan fingerprint density at radius 3 is 2.75 bits per heavy atom. The molecule has 0 spiro atoms. The van der Waals surface area contributed by atoms with Crippen LogP contribution in [-0.2, 0) is 6.42 Å². The number of pyridine rings is 1. The fraction of sp³-hybridized carbons (Fsp3) is 0.615. The molecular formula is C13H21N3. The maximum atomic E-state index is 5.94. The quantitative estimate of drug-likeness (QED) is 0.833. The number of hydrogen-bond acceptors (Lipinski definition) is 3. The van der Waals surface area contributed by atoms with Crippen molar-refractivity contribution in [2.24, 2.45) is 5.73 Å². The summed E-state index contributed by atoms with van der Waals surface area (Å²) in [6.45, 7) is 1.11. The van der Waals surface area contributed by atoms with Crippen molar-refractivity contribution in [1.82, 2.24) is 9.88 Å². The van der Waals surface area contributed by atoms with Gasteiger partial charge in [0.25, 0.3) is 0 Å². The fourth-order valence-corrected chi connectivity index (χ4v) is 2.43. The van der Waals surface area contributed by atoms with E-state index in [1.165, 1.54) is 18.4 Å². The predicted octanol–water partition coefficient (Wildman–Crippen LogP) is 1.44. The van der Waals surface area contributed by atoms with Crippen LogP contribution >= 0.6 is 0 Å². The lowest BCUT2D eigenvalue weighted by Gasteiger charge is -2.24. The van der Waals surface area contributed by atoms with Crippen LogP contribution in [0.4, 0.5) is 0 Å². The van der Waals surface area contributed by atoms with Crippen LogP contribution in [0.5, 0.6) is 0 Å². The van der Waals surface area contributed by atoms with Gasteiger partial charge in [-0.25, -0.2) is 0 Å². The first-order chi connectivity index (χ1) is 7.75. The molecule has 88 valence electrons. The highest BCUT2D eigenvalue weighted by Gasteiger charge is 2.24. The first kappa shape index (κ1) is 11.6. The number of nitrogens with two attached hydrogens (primary N) is 1. The SMILES string of the molecule is CN(CCc1ccncc1)C1CCC(N)C1. The van der Waals surface area contributed by atoms with Crippen molar-refractivity contribution >= 4 is 0 Å². The molecule has 1 heterocycles. The molecule has 0 amide bonds. The van der Waals surface area contributed by atoms with Crippen LogP contribution in [0.1, 0.15) is 24.8 Å². The molecule has 0 bridgehead atoms. The molecule has 1 aliphatic carbocycles. The van der Waals surface area contributed by atoms with E-state index in [1.54, 1.807) is 0 Å². The summed E-state index contributed by atoms with van der Waals surface area (Å²) in [6, 6.07) is 5.30. The third-order valence-electron chi connectivity index (χ3n) is 3.57. The van der Waals surface area contributed by atoms with Gasteiger partial charge in [-0.3, -0.25) is 4.98 Å². The van der Waals surface area contributed by atoms with Gasteiger partial charge < -0.3 is 10.6 Å². The molecule has 1 aromatic rings. The Morgan fingerprint density at radius 2 is 2.12 bits per heavy atom. The van der Waals surface area contributed by atoms with Gasteiger partial charge in [0.05, 0.1) is 0 Å². The Bertz CT molecular complexity index is 312. The Hall–Kier alpha value is -0.930. The van der Waals surface area contributed by atoms with Crippen LogP contribution in [-0.4, -0.2) is 35.6 Å². The third kappa shape index (κ3) is 3.03. The van der Waals surface area contributed by atoms with Gasteiger partial charge in [-0.05, 0) is 50.4 Å². The van der Waals surface area contributed by atoms with Gasteiger partial charge in [0.2, 0.25) is 0 Å². The van der Waals surface area contributed by atoms with E-state index in [4.69, 9.17) is 5.73 Å². The molecule has 2 rings (SSSR count). The highest BCUT2D eigenvalue weighted by atomic mass is 15.1. The van der Waals surface area contributed by atoms with E-state index in [-0.39, 0.29) is 0 Å². The predicted molar refractivity (Wildman–Crippen MR) is 66.2 cm³/mol. The largest absolute Gasteiger partial charge is 0.328 e. The van der Waals surface area contributed by atoms with Crippen LogP contribution in [0.25, 0.3) is 0 Å². The molecule has 0 radical (unpaired) electrons. The van der Waals surface area contributed by atoms with Crippen LogP contribution in [0.15, 0.2) is 24.5 Å². The second kappa shape index (κ2) is 5.41. The normalized spacial score (nSPS) is 25.2. The van der Waals surface area contributed by atoms with Crippen molar-refractivity contribution in [2.45, 2.75) is 37.8 Å². The molecule has 1 aromatic heterocycles. The summed E-state index contributed by atoms with van der Waals surface area (Å²) in [5.41, 5.74) is 7.30. The summed E-state index contributed by atoms with van der Waals surface area (Å²) in [7, 11) is 2.21. The van der Waals surface area contributed by atoms with E-state index < -0.39 is 0 Å². The molecule has 3 nitrogen and oxygen atoms in total. The van der Waals surface area contributed by atoms with Gasteiger partial charge >= 0.3 is 0 Å². The number of likely N-dealkylation sites (N-methyl/N-ethyl adjacent to an activating group) is 1. The summed E-state index contributed by atoms with van der Waals surface area (Å²) in [6.07, 6.45) is 8.43.